The van der Waals surface area contributed by atoms with Crippen LogP contribution in [0.4, 0.5) is 4.79 Å². The van der Waals surface area contributed by atoms with E-state index in [0.717, 1.165) is 6.42 Å². The lowest BCUT2D eigenvalue weighted by Crippen LogP contribution is -2.51. The minimum atomic E-state index is -0.507. The highest BCUT2D eigenvalue weighted by molar-refractivity contribution is 5.94. The second-order valence-corrected chi connectivity index (χ2v) is 5.60. The Balaban J connectivity index is 2.13. The van der Waals surface area contributed by atoms with Gasteiger partial charge in [0.05, 0.1) is 29.8 Å². The fourth-order valence-corrected chi connectivity index (χ4v) is 2.48. The quantitative estimate of drug-likeness (QED) is 0.716. The van der Waals surface area contributed by atoms with Crippen LogP contribution < -0.4 is 10.6 Å². The van der Waals surface area contributed by atoms with Crippen molar-refractivity contribution in [1.29, 1.82) is 0 Å². The first-order chi connectivity index (χ1) is 10.5. The predicted molar refractivity (Wildman–Crippen MR) is 77.6 cm³/mol. The zero-order valence-electron chi connectivity index (χ0n) is 13.1. The van der Waals surface area contributed by atoms with Crippen molar-refractivity contribution in [1.82, 2.24) is 10.6 Å². The van der Waals surface area contributed by atoms with Crippen molar-refractivity contribution in [3.05, 3.63) is 11.3 Å². The molecule has 1 heterocycles. The van der Waals surface area contributed by atoms with Crippen molar-refractivity contribution in [3.63, 3.8) is 0 Å². The molecule has 7 heteroatoms. The number of hydrogen-bond acceptors (Lipinski definition) is 5. The van der Waals surface area contributed by atoms with Crippen LogP contribution in [0.1, 0.15) is 33.6 Å². The number of hydrogen-bond donors (Lipinski definition) is 2. The van der Waals surface area contributed by atoms with Crippen molar-refractivity contribution < 1.29 is 23.9 Å². The molecule has 22 heavy (non-hydrogen) atoms. The number of amides is 2. The Labute approximate surface area is 129 Å². The molecule has 2 N–H and O–H groups in total. The lowest BCUT2D eigenvalue weighted by molar-refractivity contribution is -0.145. The zero-order valence-corrected chi connectivity index (χ0v) is 13.1. The summed E-state index contributed by atoms with van der Waals surface area (Å²) in [6.45, 7) is 5.65. The number of esters is 2. The molecular weight excluding hydrogens is 288 g/mol. The highest BCUT2D eigenvalue weighted by Crippen LogP contribution is 2.38. The number of carbonyl (C=O) groups excluding carboxylic acids is 3. The summed E-state index contributed by atoms with van der Waals surface area (Å²) in [5.41, 5.74) is 0.622. The Morgan fingerprint density at radius 3 is 2.50 bits per heavy atom. The van der Waals surface area contributed by atoms with Crippen LogP contribution in [0.2, 0.25) is 0 Å². The van der Waals surface area contributed by atoms with Crippen LogP contribution >= 0.6 is 0 Å². The minimum Gasteiger partial charge on any atom is -0.463 e. The van der Waals surface area contributed by atoms with E-state index in [2.05, 4.69) is 10.6 Å². The molecule has 2 rings (SSSR count). The summed E-state index contributed by atoms with van der Waals surface area (Å²) in [6.07, 6.45) is 1.37. The average molecular weight is 310 g/mol. The Morgan fingerprint density at radius 1 is 1.27 bits per heavy atom. The van der Waals surface area contributed by atoms with Crippen LogP contribution in [0.25, 0.3) is 0 Å². The largest absolute Gasteiger partial charge is 0.463 e. The van der Waals surface area contributed by atoms with Gasteiger partial charge in [-0.1, -0.05) is 13.8 Å². The van der Waals surface area contributed by atoms with Gasteiger partial charge >= 0.3 is 18.0 Å². The molecule has 3 atom stereocenters. The molecule has 0 aromatic heterocycles. The molecule has 0 radical (unpaired) electrons. The molecule has 0 aromatic rings. The second-order valence-electron chi connectivity index (χ2n) is 5.60. The highest BCUT2D eigenvalue weighted by atomic mass is 16.5. The predicted octanol–water partition coefficient (Wildman–Crippen LogP) is 1.09. The summed E-state index contributed by atoms with van der Waals surface area (Å²) in [7, 11) is 0. The summed E-state index contributed by atoms with van der Waals surface area (Å²) in [6, 6.07) is -0.855. The second kappa shape index (κ2) is 6.81. The van der Waals surface area contributed by atoms with Crippen LogP contribution in [0.5, 0.6) is 0 Å². The van der Waals surface area contributed by atoms with Gasteiger partial charge in [-0.3, -0.25) is 4.79 Å². The molecule has 1 aliphatic heterocycles. The van der Waals surface area contributed by atoms with Crippen LogP contribution in [-0.4, -0.2) is 37.2 Å². The number of ether oxygens (including phenoxy) is 2. The molecule has 122 valence electrons. The monoisotopic (exact) mass is 310 g/mol. The molecule has 2 aliphatic rings. The van der Waals surface area contributed by atoms with Gasteiger partial charge < -0.3 is 20.1 Å². The third-order valence-electron chi connectivity index (χ3n) is 3.92. The molecular formula is C15H22N2O5. The van der Waals surface area contributed by atoms with Crippen molar-refractivity contribution in [2.45, 2.75) is 39.7 Å². The Kier molecular flexibility index (Phi) is 5.05. The fourth-order valence-electron chi connectivity index (χ4n) is 2.48. The zero-order chi connectivity index (χ0) is 16.3. The summed E-state index contributed by atoms with van der Waals surface area (Å²) < 4.78 is 10.3. The molecule has 7 nitrogen and oxygen atoms in total. The maximum absolute atomic E-state index is 12.1. The van der Waals surface area contributed by atoms with Gasteiger partial charge in [-0.05, 0) is 25.7 Å². The first-order valence-electron chi connectivity index (χ1n) is 7.62. The van der Waals surface area contributed by atoms with E-state index in [4.69, 9.17) is 9.47 Å². The van der Waals surface area contributed by atoms with E-state index < -0.39 is 18.0 Å². The van der Waals surface area contributed by atoms with Gasteiger partial charge in [-0.2, -0.15) is 0 Å². The number of carbonyl (C=O) groups is 3. The van der Waals surface area contributed by atoms with Gasteiger partial charge in [0.25, 0.3) is 0 Å². The maximum Gasteiger partial charge on any atom is 0.338 e. The van der Waals surface area contributed by atoms with Gasteiger partial charge in [-0.15, -0.1) is 0 Å². The standard InChI is InChI=1S/C15H22N2O5/c1-4-10-12(14(19)21-5-2)11(17-15(20)16-10)7-22-13(18)9-6-8(9)3/h8-10H,4-7H2,1-3H3,(H2,16,17,20)/t8-,9+,10+/m0/s1. The lowest BCUT2D eigenvalue weighted by atomic mass is 10.0. The molecule has 1 fully saturated rings. The van der Waals surface area contributed by atoms with Crippen molar-refractivity contribution in [3.8, 4) is 0 Å². The van der Waals surface area contributed by atoms with Crippen LogP contribution in [-0.2, 0) is 19.1 Å². The minimum absolute atomic E-state index is 0.0639. The van der Waals surface area contributed by atoms with Gasteiger partial charge in [0.2, 0.25) is 0 Å². The molecule has 0 spiro atoms. The van der Waals surface area contributed by atoms with Crippen molar-refractivity contribution in [2.24, 2.45) is 11.8 Å². The van der Waals surface area contributed by atoms with Gasteiger partial charge in [0.1, 0.15) is 6.61 Å². The van der Waals surface area contributed by atoms with E-state index in [9.17, 15) is 14.4 Å². The van der Waals surface area contributed by atoms with Crippen LogP contribution in [0.15, 0.2) is 11.3 Å². The summed E-state index contributed by atoms with van der Waals surface area (Å²) in [4.78, 5) is 35.6. The summed E-state index contributed by atoms with van der Waals surface area (Å²) in [5.74, 6) is -0.514. The van der Waals surface area contributed by atoms with E-state index in [0.29, 0.717) is 23.6 Å². The fraction of sp³-hybridized carbons (Fsp3) is 0.667. The Hall–Kier alpha value is -2.05. The molecule has 0 unspecified atom stereocenters. The highest BCUT2D eigenvalue weighted by Gasteiger charge is 2.41. The summed E-state index contributed by atoms with van der Waals surface area (Å²) in [5, 5.41) is 5.21. The maximum atomic E-state index is 12.1. The SMILES string of the molecule is CCOC(=O)C1=C(COC(=O)[C@@H]2C[C@@H]2C)NC(=O)N[C@@H]1CC. The van der Waals surface area contributed by atoms with Crippen molar-refractivity contribution >= 4 is 18.0 Å². The molecule has 0 saturated heterocycles. The summed E-state index contributed by atoms with van der Waals surface area (Å²) >= 11 is 0. The third-order valence-corrected chi connectivity index (χ3v) is 3.92. The van der Waals surface area contributed by atoms with Crippen LogP contribution in [0.3, 0.4) is 0 Å². The first-order valence-corrected chi connectivity index (χ1v) is 7.62. The Bertz CT molecular complexity index is 514. The van der Waals surface area contributed by atoms with E-state index in [1.165, 1.54) is 0 Å². The molecule has 0 aromatic carbocycles. The smallest absolute Gasteiger partial charge is 0.338 e. The molecule has 2 amide bonds. The third kappa shape index (κ3) is 3.58. The van der Waals surface area contributed by atoms with Gasteiger partial charge in [0, 0.05) is 0 Å². The van der Waals surface area contributed by atoms with E-state index in [1.807, 2.05) is 13.8 Å². The van der Waals surface area contributed by atoms with Gasteiger partial charge in [0.15, 0.2) is 0 Å². The first kappa shape index (κ1) is 16.3. The topological polar surface area (TPSA) is 93.7 Å². The van der Waals surface area contributed by atoms with E-state index >= 15 is 0 Å². The lowest BCUT2D eigenvalue weighted by Gasteiger charge is -2.28. The van der Waals surface area contributed by atoms with E-state index in [-0.39, 0.29) is 25.1 Å². The number of urea groups is 1. The van der Waals surface area contributed by atoms with Gasteiger partial charge in [-0.25, -0.2) is 9.59 Å². The van der Waals surface area contributed by atoms with Crippen molar-refractivity contribution in [2.75, 3.05) is 13.2 Å². The van der Waals surface area contributed by atoms with Crippen LogP contribution in [0, 0.1) is 11.8 Å². The number of rotatable bonds is 6. The average Bonchev–Trinajstić information content (AvgIpc) is 3.21. The molecule has 1 saturated carbocycles. The Morgan fingerprint density at radius 2 is 1.95 bits per heavy atom. The number of nitrogens with one attached hydrogen (secondary N) is 2. The molecule has 1 aliphatic carbocycles. The molecule has 0 bridgehead atoms. The normalized spacial score (nSPS) is 26.9. The van der Waals surface area contributed by atoms with E-state index in [1.54, 1.807) is 6.92 Å².